The zero-order valence-electron chi connectivity index (χ0n) is 6.62. The molecule has 6 heteroatoms. The van der Waals surface area contributed by atoms with Crippen LogP contribution in [0.25, 0.3) is 0 Å². The van der Waals surface area contributed by atoms with Crippen molar-refractivity contribution in [3.8, 4) is 0 Å². The molecule has 72 valence electrons. The molecule has 0 unspecified atom stereocenters. The van der Waals surface area contributed by atoms with E-state index in [1.165, 1.54) is 11.3 Å². The van der Waals surface area contributed by atoms with Gasteiger partial charge in [-0.3, -0.25) is 0 Å². The minimum absolute atomic E-state index is 0.0865. The summed E-state index contributed by atoms with van der Waals surface area (Å²) in [5.74, 6) is 0.0865. The number of hydrogen-bond donors (Lipinski definition) is 0. The van der Waals surface area contributed by atoms with Crippen LogP contribution in [-0.2, 0) is 21.2 Å². The molecule has 0 aromatic carbocycles. The molecule has 0 spiro atoms. The highest BCUT2D eigenvalue weighted by Crippen LogP contribution is 2.32. The predicted molar refractivity (Wildman–Crippen MR) is 53.7 cm³/mol. The van der Waals surface area contributed by atoms with Crippen LogP contribution in [0.3, 0.4) is 0 Å². The minimum Gasteiger partial charge on any atom is -0.375 e. The van der Waals surface area contributed by atoms with Crippen molar-refractivity contribution in [3.63, 3.8) is 0 Å². The summed E-state index contributed by atoms with van der Waals surface area (Å²) in [6, 6.07) is 1.66. The first kappa shape index (κ1) is 9.64. The van der Waals surface area contributed by atoms with Gasteiger partial charge in [0.25, 0.3) is 0 Å². The fraction of sp³-hybridized carbons (Fsp3) is 0.429. The van der Waals surface area contributed by atoms with Crippen molar-refractivity contribution < 1.29 is 13.2 Å². The molecule has 1 aromatic rings. The van der Waals surface area contributed by atoms with Crippen molar-refractivity contribution in [1.29, 1.82) is 0 Å². The minimum atomic E-state index is -3.10. The second kappa shape index (κ2) is 3.34. The Hall–Kier alpha value is 0.0900. The third kappa shape index (κ3) is 1.81. The van der Waals surface area contributed by atoms with Gasteiger partial charge >= 0.3 is 0 Å². The van der Waals surface area contributed by atoms with E-state index >= 15 is 0 Å². The SMILES string of the molecule is O=S1(=O)CCOCc2sc(Br)cc21. The zero-order valence-corrected chi connectivity index (χ0v) is 9.84. The van der Waals surface area contributed by atoms with Gasteiger partial charge in [0.05, 0.1) is 32.5 Å². The summed E-state index contributed by atoms with van der Waals surface area (Å²) >= 11 is 4.69. The van der Waals surface area contributed by atoms with E-state index in [-0.39, 0.29) is 5.75 Å². The van der Waals surface area contributed by atoms with E-state index in [9.17, 15) is 8.42 Å². The van der Waals surface area contributed by atoms with Crippen LogP contribution in [0.15, 0.2) is 14.7 Å². The highest BCUT2D eigenvalue weighted by atomic mass is 79.9. The van der Waals surface area contributed by atoms with Crippen LogP contribution in [-0.4, -0.2) is 20.8 Å². The molecule has 0 saturated carbocycles. The highest BCUT2D eigenvalue weighted by Gasteiger charge is 2.24. The lowest BCUT2D eigenvalue weighted by atomic mass is 10.5. The summed E-state index contributed by atoms with van der Waals surface area (Å²) in [5, 5.41) is 0. The van der Waals surface area contributed by atoms with Gasteiger partial charge in [0.2, 0.25) is 0 Å². The largest absolute Gasteiger partial charge is 0.375 e. The first-order valence-corrected chi connectivity index (χ1v) is 6.94. The van der Waals surface area contributed by atoms with Crippen molar-refractivity contribution in [1.82, 2.24) is 0 Å². The number of halogens is 1. The third-order valence-corrected chi connectivity index (χ3v) is 5.28. The van der Waals surface area contributed by atoms with E-state index in [2.05, 4.69) is 15.9 Å². The van der Waals surface area contributed by atoms with Gasteiger partial charge in [-0.1, -0.05) is 0 Å². The highest BCUT2D eigenvalue weighted by molar-refractivity contribution is 9.11. The fourth-order valence-electron chi connectivity index (χ4n) is 1.19. The Balaban J connectivity index is 2.60. The molecule has 0 fully saturated rings. The van der Waals surface area contributed by atoms with Crippen LogP contribution < -0.4 is 0 Å². The number of rotatable bonds is 0. The molecule has 0 N–H and O–H groups in total. The molecule has 0 saturated heterocycles. The van der Waals surface area contributed by atoms with Gasteiger partial charge < -0.3 is 4.74 Å². The second-order valence-corrected chi connectivity index (χ2v) is 7.30. The van der Waals surface area contributed by atoms with E-state index < -0.39 is 9.84 Å². The summed E-state index contributed by atoms with van der Waals surface area (Å²) in [5.41, 5.74) is 0. The van der Waals surface area contributed by atoms with Crippen molar-refractivity contribution >= 4 is 37.1 Å². The molecule has 2 rings (SSSR count). The molecule has 1 aliphatic heterocycles. The molecule has 0 atom stereocenters. The van der Waals surface area contributed by atoms with E-state index in [1.807, 2.05) is 0 Å². The van der Waals surface area contributed by atoms with Gasteiger partial charge in [-0.15, -0.1) is 11.3 Å². The maximum Gasteiger partial charge on any atom is 0.181 e. The lowest BCUT2D eigenvalue weighted by molar-refractivity contribution is 0.139. The Labute approximate surface area is 88.8 Å². The standard InChI is InChI=1S/C7H7BrO3S2/c8-7-3-6-5(12-7)4-11-1-2-13(6,9)10/h3H,1-2,4H2. The van der Waals surface area contributed by atoms with Crippen molar-refractivity contribution in [2.45, 2.75) is 11.5 Å². The Bertz CT molecular complexity index is 421. The average molecular weight is 283 g/mol. The molecule has 1 aliphatic rings. The molecule has 2 heterocycles. The molecule has 1 aromatic heterocycles. The van der Waals surface area contributed by atoms with E-state index in [0.717, 1.165) is 8.66 Å². The summed E-state index contributed by atoms with van der Waals surface area (Å²) in [4.78, 5) is 1.23. The first-order chi connectivity index (χ1) is 6.09. The van der Waals surface area contributed by atoms with Gasteiger partial charge in [-0.2, -0.15) is 0 Å². The lowest BCUT2D eigenvalue weighted by Crippen LogP contribution is -2.08. The maximum absolute atomic E-state index is 11.6. The van der Waals surface area contributed by atoms with Crippen LogP contribution in [0.2, 0.25) is 0 Å². The number of hydrogen-bond acceptors (Lipinski definition) is 4. The molecule has 0 bridgehead atoms. The first-order valence-electron chi connectivity index (χ1n) is 3.68. The predicted octanol–water partition coefficient (Wildman–Crippen LogP) is 1.81. The second-order valence-electron chi connectivity index (χ2n) is 2.71. The topological polar surface area (TPSA) is 43.4 Å². The fourth-order valence-corrected chi connectivity index (χ4v) is 4.71. The van der Waals surface area contributed by atoms with Crippen LogP contribution in [0.4, 0.5) is 0 Å². The summed E-state index contributed by atoms with van der Waals surface area (Å²) in [6.45, 7) is 0.701. The van der Waals surface area contributed by atoms with E-state index in [0.29, 0.717) is 18.1 Å². The van der Waals surface area contributed by atoms with Gasteiger partial charge in [-0.05, 0) is 22.0 Å². The molecular formula is C7H7BrO3S2. The molecule has 0 radical (unpaired) electrons. The Kier molecular flexibility index (Phi) is 2.48. The van der Waals surface area contributed by atoms with E-state index in [4.69, 9.17) is 4.74 Å². The van der Waals surface area contributed by atoms with Gasteiger partial charge in [0.15, 0.2) is 9.84 Å². The summed E-state index contributed by atoms with van der Waals surface area (Å²) in [6.07, 6.45) is 0. The quantitative estimate of drug-likeness (QED) is 0.729. The van der Waals surface area contributed by atoms with Crippen LogP contribution in [0.1, 0.15) is 4.88 Å². The monoisotopic (exact) mass is 282 g/mol. The summed E-state index contributed by atoms with van der Waals surface area (Å²) < 4.78 is 29.2. The number of ether oxygens (including phenoxy) is 1. The van der Waals surface area contributed by atoms with Gasteiger partial charge in [0, 0.05) is 0 Å². The molecule has 0 amide bonds. The molecular weight excluding hydrogens is 276 g/mol. The van der Waals surface area contributed by atoms with Crippen LogP contribution >= 0.6 is 27.3 Å². The number of thiophene rings is 1. The molecule has 0 aliphatic carbocycles. The van der Waals surface area contributed by atoms with Crippen LogP contribution in [0, 0.1) is 0 Å². The van der Waals surface area contributed by atoms with Gasteiger partial charge in [0.1, 0.15) is 0 Å². The van der Waals surface area contributed by atoms with Crippen molar-refractivity contribution in [2.24, 2.45) is 0 Å². The van der Waals surface area contributed by atoms with Gasteiger partial charge in [-0.25, -0.2) is 8.42 Å². The molecule has 3 nitrogen and oxygen atoms in total. The van der Waals surface area contributed by atoms with Crippen molar-refractivity contribution in [3.05, 3.63) is 14.7 Å². The van der Waals surface area contributed by atoms with Crippen LogP contribution in [0.5, 0.6) is 0 Å². The van der Waals surface area contributed by atoms with Crippen molar-refractivity contribution in [2.75, 3.05) is 12.4 Å². The maximum atomic E-state index is 11.6. The lowest BCUT2D eigenvalue weighted by Gasteiger charge is -1.95. The zero-order chi connectivity index (χ0) is 9.47. The Morgan fingerprint density at radius 1 is 1.54 bits per heavy atom. The smallest absolute Gasteiger partial charge is 0.181 e. The third-order valence-electron chi connectivity index (χ3n) is 1.80. The summed E-state index contributed by atoms with van der Waals surface area (Å²) in [7, 11) is -3.10. The van der Waals surface area contributed by atoms with E-state index in [1.54, 1.807) is 6.07 Å². The molecule has 13 heavy (non-hydrogen) atoms. The Morgan fingerprint density at radius 2 is 2.31 bits per heavy atom. The number of sulfone groups is 1. The normalized spacial score (nSPS) is 20.7. The Morgan fingerprint density at radius 3 is 3.08 bits per heavy atom. The number of fused-ring (bicyclic) bond motifs is 1. The average Bonchev–Trinajstić information content (AvgIpc) is 2.36.